The molecule has 2 aromatic heterocycles. The molecule has 1 aliphatic heterocycles. The fraction of sp³-hybridized carbons (Fsp3) is 0.143. The molecule has 4 nitrogen and oxygen atoms in total. The number of hydrogen-bond donors (Lipinski definition) is 0. The first-order valence-corrected chi connectivity index (χ1v) is 5.97. The van der Waals surface area contributed by atoms with Crippen molar-refractivity contribution in [3.05, 3.63) is 48.3 Å². The van der Waals surface area contributed by atoms with Gasteiger partial charge in [-0.3, -0.25) is 4.40 Å². The minimum Gasteiger partial charge on any atom is -0.493 e. The quantitative estimate of drug-likeness (QED) is 0.652. The molecule has 0 N–H and O–H groups in total. The van der Waals surface area contributed by atoms with Crippen molar-refractivity contribution in [1.82, 2.24) is 14.6 Å². The van der Waals surface area contributed by atoms with Gasteiger partial charge in [0.05, 0.1) is 12.3 Å². The van der Waals surface area contributed by atoms with Crippen LogP contribution in [-0.2, 0) is 6.42 Å². The van der Waals surface area contributed by atoms with E-state index in [1.165, 1.54) is 11.1 Å². The fourth-order valence-corrected chi connectivity index (χ4v) is 2.43. The van der Waals surface area contributed by atoms with Gasteiger partial charge in [0.15, 0.2) is 5.65 Å². The molecule has 0 aliphatic carbocycles. The van der Waals surface area contributed by atoms with E-state index in [-0.39, 0.29) is 0 Å². The lowest BCUT2D eigenvalue weighted by atomic mass is 10.1. The van der Waals surface area contributed by atoms with Crippen LogP contribution in [-0.4, -0.2) is 21.2 Å². The molecule has 0 fully saturated rings. The Kier molecular flexibility index (Phi) is 1.91. The minimum absolute atomic E-state index is 0.787. The third-order valence-electron chi connectivity index (χ3n) is 3.32. The Bertz CT molecular complexity index is 733. The molecule has 0 spiro atoms. The van der Waals surface area contributed by atoms with Gasteiger partial charge >= 0.3 is 0 Å². The van der Waals surface area contributed by atoms with Crippen molar-refractivity contribution in [1.29, 1.82) is 0 Å². The summed E-state index contributed by atoms with van der Waals surface area (Å²) >= 11 is 0. The summed E-state index contributed by atoms with van der Waals surface area (Å²) in [7, 11) is 0. The largest absolute Gasteiger partial charge is 0.493 e. The lowest BCUT2D eigenvalue weighted by molar-refractivity contribution is 0.357. The van der Waals surface area contributed by atoms with E-state index in [0.717, 1.165) is 30.1 Å². The molecule has 4 heteroatoms. The van der Waals surface area contributed by atoms with Gasteiger partial charge in [0.2, 0.25) is 0 Å². The molecule has 0 saturated carbocycles. The van der Waals surface area contributed by atoms with E-state index in [1.807, 2.05) is 22.6 Å². The first kappa shape index (κ1) is 9.65. The standard InChI is InChI=1S/C14H11N3O/c1-2-12(17-9-15-16-14(17)3-1)10-4-5-13-11(8-10)6-7-18-13/h1-5,8-9H,6-7H2. The van der Waals surface area contributed by atoms with Gasteiger partial charge in [-0.2, -0.15) is 0 Å². The smallest absolute Gasteiger partial charge is 0.161 e. The maximum Gasteiger partial charge on any atom is 0.161 e. The van der Waals surface area contributed by atoms with E-state index in [4.69, 9.17) is 4.74 Å². The highest BCUT2D eigenvalue weighted by Gasteiger charge is 2.13. The van der Waals surface area contributed by atoms with Gasteiger partial charge in [0.25, 0.3) is 0 Å². The zero-order valence-corrected chi connectivity index (χ0v) is 9.71. The maximum absolute atomic E-state index is 5.53. The number of aromatic nitrogens is 3. The first-order chi connectivity index (χ1) is 8.92. The zero-order chi connectivity index (χ0) is 11.9. The number of ether oxygens (including phenoxy) is 1. The predicted octanol–water partition coefficient (Wildman–Crippen LogP) is 2.33. The van der Waals surface area contributed by atoms with Crippen molar-refractivity contribution in [3.63, 3.8) is 0 Å². The summed E-state index contributed by atoms with van der Waals surface area (Å²) in [6.07, 6.45) is 2.73. The monoisotopic (exact) mass is 237 g/mol. The van der Waals surface area contributed by atoms with Gasteiger partial charge in [-0.15, -0.1) is 10.2 Å². The molecule has 4 rings (SSSR count). The SMILES string of the molecule is c1cc(-c2ccc3c(c2)CCO3)n2cnnc2c1. The molecule has 1 aliphatic rings. The summed E-state index contributed by atoms with van der Waals surface area (Å²) in [5.41, 5.74) is 4.42. The van der Waals surface area contributed by atoms with Gasteiger partial charge in [-0.05, 0) is 41.5 Å². The second-order valence-corrected chi connectivity index (χ2v) is 4.39. The number of benzene rings is 1. The topological polar surface area (TPSA) is 39.4 Å². The summed E-state index contributed by atoms with van der Waals surface area (Å²) in [5.74, 6) is 1.01. The van der Waals surface area contributed by atoms with Crippen LogP contribution in [0.2, 0.25) is 0 Å². The molecule has 88 valence electrons. The molecule has 0 saturated heterocycles. The molecule has 0 amide bonds. The molecular weight excluding hydrogens is 226 g/mol. The minimum atomic E-state index is 0.787. The van der Waals surface area contributed by atoms with E-state index < -0.39 is 0 Å². The van der Waals surface area contributed by atoms with Crippen LogP contribution in [0.25, 0.3) is 16.9 Å². The molecule has 0 atom stereocenters. The van der Waals surface area contributed by atoms with Crippen molar-refractivity contribution in [2.45, 2.75) is 6.42 Å². The summed E-state index contributed by atoms with van der Waals surface area (Å²) in [5, 5.41) is 8.01. The number of pyridine rings is 1. The molecular formula is C14H11N3O. The Balaban J connectivity index is 1.94. The third kappa shape index (κ3) is 1.32. The second-order valence-electron chi connectivity index (χ2n) is 4.39. The van der Waals surface area contributed by atoms with Crippen LogP contribution in [0.5, 0.6) is 5.75 Å². The van der Waals surface area contributed by atoms with Gasteiger partial charge in [-0.25, -0.2) is 0 Å². The van der Waals surface area contributed by atoms with Gasteiger partial charge in [0.1, 0.15) is 12.1 Å². The normalized spacial score (nSPS) is 13.6. The van der Waals surface area contributed by atoms with E-state index in [9.17, 15) is 0 Å². The first-order valence-electron chi connectivity index (χ1n) is 5.97. The van der Waals surface area contributed by atoms with Gasteiger partial charge in [-0.1, -0.05) is 6.07 Å². The highest BCUT2D eigenvalue weighted by atomic mass is 16.5. The molecule has 0 bridgehead atoms. The number of fused-ring (bicyclic) bond motifs is 2. The van der Waals surface area contributed by atoms with E-state index >= 15 is 0 Å². The fourth-order valence-electron chi connectivity index (χ4n) is 2.43. The van der Waals surface area contributed by atoms with E-state index in [1.54, 1.807) is 6.33 Å². The molecule has 0 unspecified atom stereocenters. The maximum atomic E-state index is 5.53. The average Bonchev–Trinajstić information content (AvgIpc) is 3.05. The summed E-state index contributed by atoms with van der Waals surface area (Å²) < 4.78 is 7.53. The molecule has 3 aromatic rings. The van der Waals surface area contributed by atoms with Crippen LogP contribution >= 0.6 is 0 Å². The highest BCUT2D eigenvalue weighted by Crippen LogP contribution is 2.30. The van der Waals surface area contributed by atoms with Crippen molar-refractivity contribution < 1.29 is 4.74 Å². The highest BCUT2D eigenvalue weighted by molar-refractivity contribution is 5.65. The van der Waals surface area contributed by atoms with Gasteiger partial charge < -0.3 is 4.74 Å². The Morgan fingerprint density at radius 2 is 2.17 bits per heavy atom. The Labute approximate surface area is 104 Å². The van der Waals surface area contributed by atoms with Crippen molar-refractivity contribution >= 4 is 5.65 Å². The average molecular weight is 237 g/mol. The lowest BCUT2D eigenvalue weighted by Gasteiger charge is -2.06. The predicted molar refractivity (Wildman–Crippen MR) is 67.6 cm³/mol. The van der Waals surface area contributed by atoms with E-state index in [0.29, 0.717) is 0 Å². The number of hydrogen-bond acceptors (Lipinski definition) is 3. The third-order valence-corrected chi connectivity index (χ3v) is 3.32. The van der Waals surface area contributed by atoms with Crippen LogP contribution in [0.4, 0.5) is 0 Å². The summed E-state index contributed by atoms with van der Waals surface area (Å²) in [6, 6.07) is 12.3. The summed E-state index contributed by atoms with van der Waals surface area (Å²) in [4.78, 5) is 0. The number of rotatable bonds is 1. The Morgan fingerprint density at radius 1 is 1.17 bits per heavy atom. The van der Waals surface area contributed by atoms with Crippen molar-refractivity contribution in [2.75, 3.05) is 6.61 Å². The van der Waals surface area contributed by atoms with Crippen molar-refractivity contribution in [3.8, 4) is 17.0 Å². The lowest BCUT2D eigenvalue weighted by Crippen LogP contribution is -1.91. The van der Waals surface area contributed by atoms with Crippen LogP contribution in [0.1, 0.15) is 5.56 Å². The Hall–Kier alpha value is -2.36. The van der Waals surface area contributed by atoms with E-state index in [2.05, 4.69) is 28.4 Å². The van der Waals surface area contributed by atoms with Crippen LogP contribution in [0, 0.1) is 0 Å². The Morgan fingerprint density at radius 3 is 3.17 bits per heavy atom. The van der Waals surface area contributed by atoms with Gasteiger partial charge in [0, 0.05) is 6.42 Å². The molecule has 3 heterocycles. The molecule has 0 radical (unpaired) electrons. The molecule has 1 aromatic carbocycles. The second kappa shape index (κ2) is 3.57. The van der Waals surface area contributed by atoms with Crippen LogP contribution in [0.15, 0.2) is 42.7 Å². The van der Waals surface area contributed by atoms with Crippen LogP contribution < -0.4 is 4.74 Å². The molecule has 18 heavy (non-hydrogen) atoms. The zero-order valence-electron chi connectivity index (χ0n) is 9.71. The van der Waals surface area contributed by atoms with Crippen LogP contribution in [0.3, 0.4) is 0 Å². The number of nitrogens with zero attached hydrogens (tertiary/aromatic N) is 3. The van der Waals surface area contributed by atoms with Crippen molar-refractivity contribution in [2.24, 2.45) is 0 Å². The summed E-state index contributed by atoms with van der Waals surface area (Å²) in [6.45, 7) is 0.787.